The Balaban J connectivity index is 2.57. The summed E-state index contributed by atoms with van der Waals surface area (Å²) in [7, 11) is 1.67. The van der Waals surface area contributed by atoms with Crippen molar-refractivity contribution >= 4 is 0 Å². The molecule has 1 heterocycles. The zero-order valence-corrected chi connectivity index (χ0v) is 12.1. The van der Waals surface area contributed by atoms with Crippen molar-refractivity contribution in [3.05, 3.63) is 11.7 Å². The summed E-state index contributed by atoms with van der Waals surface area (Å²) in [5.41, 5.74) is 0. The number of methoxy groups -OCH3 is 1. The lowest BCUT2D eigenvalue weighted by Gasteiger charge is -2.14. The maximum atomic E-state index is 5.38. The van der Waals surface area contributed by atoms with Crippen molar-refractivity contribution in [3.8, 4) is 0 Å². The van der Waals surface area contributed by atoms with E-state index in [1.165, 1.54) is 0 Å². The second-order valence-corrected chi connectivity index (χ2v) is 5.01. The molecule has 0 aliphatic carbocycles. The molecule has 2 atom stereocenters. The molecule has 0 saturated carbocycles. The fraction of sp³-hybridized carbons (Fsp3) is 0.846. The predicted octanol–water partition coefficient (Wildman–Crippen LogP) is 2.34. The molecular weight excluding hydrogens is 230 g/mol. The van der Waals surface area contributed by atoms with Crippen LogP contribution in [0.1, 0.15) is 51.9 Å². The number of ether oxygens (including phenoxy) is 1. The number of nitrogens with one attached hydrogen (secondary N) is 1. The van der Waals surface area contributed by atoms with Crippen molar-refractivity contribution < 1.29 is 9.26 Å². The number of aromatic nitrogens is 2. The third-order valence-electron chi connectivity index (χ3n) is 2.82. The fourth-order valence-electron chi connectivity index (χ4n) is 1.87. The molecule has 0 aliphatic heterocycles. The molecule has 1 aromatic heterocycles. The molecule has 2 unspecified atom stereocenters. The highest BCUT2D eigenvalue weighted by molar-refractivity contribution is 4.94. The van der Waals surface area contributed by atoms with Crippen LogP contribution in [0.25, 0.3) is 0 Å². The molecule has 1 rings (SSSR count). The van der Waals surface area contributed by atoms with Gasteiger partial charge in [0.25, 0.3) is 0 Å². The van der Waals surface area contributed by atoms with Gasteiger partial charge in [0.05, 0.1) is 0 Å². The summed E-state index contributed by atoms with van der Waals surface area (Å²) in [5.74, 6) is 1.64. The Labute approximate surface area is 109 Å². The van der Waals surface area contributed by atoms with E-state index in [2.05, 4.69) is 43.2 Å². The van der Waals surface area contributed by atoms with Crippen LogP contribution < -0.4 is 5.32 Å². The van der Waals surface area contributed by atoms with Crippen molar-refractivity contribution in [2.45, 2.75) is 52.7 Å². The van der Waals surface area contributed by atoms with Crippen LogP contribution in [0.3, 0.4) is 0 Å². The third-order valence-corrected chi connectivity index (χ3v) is 2.82. The minimum absolute atomic E-state index is 0.0959. The van der Waals surface area contributed by atoms with Gasteiger partial charge >= 0.3 is 0 Å². The van der Waals surface area contributed by atoms with Gasteiger partial charge in [-0.3, -0.25) is 0 Å². The van der Waals surface area contributed by atoms with E-state index in [9.17, 15) is 0 Å². The topological polar surface area (TPSA) is 60.2 Å². The summed E-state index contributed by atoms with van der Waals surface area (Å²) in [6.45, 7) is 9.44. The summed E-state index contributed by atoms with van der Waals surface area (Å²) in [4.78, 5) is 4.41. The number of nitrogens with zero attached hydrogens (tertiary/aromatic N) is 2. The van der Waals surface area contributed by atoms with Crippen LogP contribution >= 0.6 is 0 Å². The van der Waals surface area contributed by atoms with Crippen LogP contribution in [-0.4, -0.2) is 29.8 Å². The van der Waals surface area contributed by atoms with Crippen LogP contribution in [-0.2, 0) is 11.2 Å². The summed E-state index contributed by atoms with van der Waals surface area (Å²) in [6.07, 6.45) is 1.78. The van der Waals surface area contributed by atoms with E-state index in [1.54, 1.807) is 7.11 Å². The number of hydrogen-bond donors (Lipinski definition) is 1. The average molecular weight is 255 g/mol. The van der Waals surface area contributed by atoms with E-state index >= 15 is 0 Å². The Bertz CT molecular complexity index is 339. The molecule has 0 saturated heterocycles. The van der Waals surface area contributed by atoms with Gasteiger partial charge in [-0.25, -0.2) is 0 Å². The zero-order valence-electron chi connectivity index (χ0n) is 12.1. The Morgan fingerprint density at radius 3 is 2.61 bits per heavy atom. The average Bonchev–Trinajstić information content (AvgIpc) is 2.75. The van der Waals surface area contributed by atoms with E-state index in [0.29, 0.717) is 23.7 Å². The van der Waals surface area contributed by atoms with Crippen molar-refractivity contribution in [1.29, 1.82) is 0 Å². The summed E-state index contributed by atoms with van der Waals surface area (Å²) in [6, 6.07) is 0.346. The molecule has 0 aromatic carbocycles. The highest BCUT2D eigenvalue weighted by Gasteiger charge is 2.21. The van der Waals surface area contributed by atoms with Gasteiger partial charge in [-0.2, -0.15) is 4.98 Å². The molecule has 0 fully saturated rings. The van der Waals surface area contributed by atoms with Gasteiger partial charge < -0.3 is 14.6 Å². The molecule has 0 bridgehead atoms. The summed E-state index contributed by atoms with van der Waals surface area (Å²) >= 11 is 0. The first-order valence-electron chi connectivity index (χ1n) is 6.67. The van der Waals surface area contributed by atoms with Crippen molar-refractivity contribution in [1.82, 2.24) is 15.5 Å². The van der Waals surface area contributed by atoms with Crippen LogP contribution in [0.4, 0.5) is 0 Å². The van der Waals surface area contributed by atoms with Gasteiger partial charge in [0, 0.05) is 19.6 Å². The highest BCUT2D eigenvalue weighted by Crippen LogP contribution is 2.22. The third kappa shape index (κ3) is 4.38. The van der Waals surface area contributed by atoms with Crippen LogP contribution in [0.15, 0.2) is 4.52 Å². The minimum atomic E-state index is -0.0959. The smallest absolute Gasteiger partial charge is 0.228 e. The van der Waals surface area contributed by atoms with Crippen LogP contribution in [0.5, 0.6) is 0 Å². The SMILES string of the molecule is CCCNC(C)Cc1nc(C(OC)C(C)C)no1. The maximum absolute atomic E-state index is 5.38. The Kier molecular flexibility index (Phi) is 6.29. The van der Waals surface area contributed by atoms with E-state index in [1.807, 2.05) is 0 Å². The fourth-order valence-corrected chi connectivity index (χ4v) is 1.87. The molecule has 5 nitrogen and oxygen atoms in total. The Morgan fingerprint density at radius 2 is 2.06 bits per heavy atom. The number of hydrogen-bond acceptors (Lipinski definition) is 5. The lowest BCUT2D eigenvalue weighted by atomic mass is 10.1. The van der Waals surface area contributed by atoms with Crippen LogP contribution in [0.2, 0.25) is 0 Å². The van der Waals surface area contributed by atoms with Crippen molar-refractivity contribution in [3.63, 3.8) is 0 Å². The Morgan fingerprint density at radius 1 is 1.33 bits per heavy atom. The molecule has 104 valence electrons. The van der Waals surface area contributed by atoms with Crippen LogP contribution in [0, 0.1) is 5.92 Å². The molecule has 5 heteroatoms. The summed E-state index contributed by atoms with van der Waals surface area (Å²) in [5, 5.41) is 7.40. The normalized spacial score (nSPS) is 15.0. The molecule has 0 amide bonds. The van der Waals surface area contributed by atoms with Crippen molar-refractivity contribution in [2.24, 2.45) is 5.92 Å². The predicted molar refractivity (Wildman–Crippen MR) is 70.3 cm³/mol. The lowest BCUT2D eigenvalue weighted by Crippen LogP contribution is -2.28. The zero-order chi connectivity index (χ0) is 13.5. The second-order valence-electron chi connectivity index (χ2n) is 5.01. The van der Waals surface area contributed by atoms with Gasteiger partial charge in [0.1, 0.15) is 6.10 Å². The molecule has 1 N–H and O–H groups in total. The van der Waals surface area contributed by atoms with E-state index in [4.69, 9.17) is 9.26 Å². The van der Waals surface area contributed by atoms with Crippen molar-refractivity contribution in [2.75, 3.05) is 13.7 Å². The first-order chi connectivity index (χ1) is 8.58. The van der Waals surface area contributed by atoms with E-state index in [-0.39, 0.29) is 6.10 Å². The highest BCUT2D eigenvalue weighted by atomic mass is 16.5. The second kappa shape index (κ2) is 7.48. The summed E-state index contributed by atoms with van der Waals surface area (Å²) < 4.78 is 10.6. The molecule has 18 heavy (non-hydrogen) atoms. The van der Waals surface area contributed by atoms with E-state index in [0.717, 1.165) is 19.4 Å². The van der Waals surface area contributed by atoms with Gasteiger partial charge in [0.2, 0.25) is 11.7 Å². The van der Waals surface area contributed by atoms with Gasteiger partial charge in [-0.1, -0.05) is 25.9 Å². The molecule has 0 radical (unpaired) electrons. The molecule has 1 aromatic rings. The molecule has 0 spiro atoms. The Hall–Kier alpha value is -0.940. The molecular formula is C13H25N3O2. The van der Waals surface area contributed by atoms with Gasteiger partial charge in [-0.05, 0) is 25.8 Å². The number of rotatable bonds is 8. The first kappa shape index (κ1) is 15.1. The van der Waals surface area contributed by atoms with Gasteiger partial charge in [-0.15, -0.1) is 0 Å². The lowest BCUT2D eigenvalue weighted by molar-refractivity contribution is 0.0555. The standard InChI is InChI=1S/C13H25N3O2/c1-6-7-14-10(4)8-11-15-13(16-18-11)12(17-5)9(2)3/h9-10,12,14H,6-8H2,1-5H3. The quantitative estimate of drug-likeness (QED) is 0.772. The maximum Gasteiger partial charge on any atom is 0.228 e. The minimum Gasteiger partial charge on any atom is -0.373 e. The molecule has 0 aliphatic rings. The van der Waals surface area contributed by atoms with Gasteiger partial charge in [0.15, 0.2) is 0 Å². The van der Waals surface area contributed by atoms with E-state index < -0.39 is 0 Å². The largest absolute Gasteiger partial charge is 0.373 e. The monoisotopic (exact) mass is 255 g/mol. The first-order valence-corrected chi connectivity index (χ1v) is 6.67.